The van der Waals surface area contributed by atoms with Crippen molar-refractivity contribution in [3.05, 3.63) is 64.7 Å². The molecule has 0 aromatic heterocycles. The summed E-state index contributed by atoms with van der Waals surface area (Å²) in [6, 6.07) is 15.0. The fourth-order valence-electron chi connectivity index (χ4n) is 2.08. The lowest BCUT2D eigenvalue weighted by Gasteiger charge is -2.19. The maximum atomic E-state index is 12.1. The molecule has 2 aromatic rings. The molecule has 2 aromatic carbocycles. The van der Waals surface area contributed by atoms with Crippen LogP contribution in [-0.2, 0) is 15.3 Å². The fourth-order valence-corrected chi connectivity index (χ4v) is 3.06. The highest BCUT2D eigenvalue weighted by molar-refractivity contribution is 7.98. The molecule has 0 unspecified atom stereocenters. The van der Waals surface area contributed by atoms with E-state index in [4.69, 9.17) is 16.3 Å². The third kappa shape index (κ3) is 7.10. The van der Waals surface area contributed by atoms with Crippen molar-refractivity contribution in [2.45, 2.75) is 37.0 Å². The first-order valence-corrected chi connectivity index (χ1v) is 9.57. The standard InChI is InChI=1S/C20H22ClNO3S/c1-20(2,3)25-18(23)12-22-19(24)15-6-4-14(5-7-15)13-26-17-10-8-16(21)9-11-17/h4-11H,12-13H2,1-3H3,(H,22,24). The van der Waals surface area contributed by atoms with E-state index >= 15 is 0 Å². The molecular weight excluding hydrogens is 370 g/mol. The number of halogens is 1. The van der Waals surface area contributed by atoms with E-state index in [0.717, 1.165) is 21.2 Å². The fraction of sp³-hybridized carbons (Fsp3) is 0.300. The van der Waals surface area contributed by atoms with Crippen LogP contribution in [0.15, 0.2) is 53.4 Å². The number of hydrogen-bond donors (Lipinski definition) is 1. The van der Waals surface area contributed by atoms with Crippen molar-refractivity contribution in [2.75, 3.05) is 6.54 Å². The monoisotopic (exact) mass is 391 g/mol. The summed E-state index contributed by atoms with van der Waals surface area (Å²) in [5.74, 6) is 0.0381. The van der Waals surface area contributed by atoms with E-state index in [-0.39, 0.29) is 12.5 Å². The van der Waals surface area contributed by atoms with Gasteiger partial charge < -0.3 is 10.1 Å². The lowest BCUT2D eigenvalue weighted by atomic mass is 10.1. The van der Waals surface area contributed by atoms with Crippen LogP contribution in [0, 0.1) is 0 Å². The van der Waals surface area contributed by atoms with Gasteiger partial charge >= 0.3 is 5.97 Å². The minimum atomic E-state index is -0.564. The maximum Gasteiger partial charge on any atom is 0.325 e. The number of esters is 1. The molecule has 6 heteroatoms. The minimum absolute atomic E-state index is 0.149. The molecule has 0 saturated heterocycles. The van der Waals surface area contributed by atoms with E-state index in [9.17, 15) is 9.59 Å². The van der Waals surface area contributed by atoms with Gasteiger partial charge in [0.05, 0.1) is 0 Å². The van der Waals surface area contributed by atoms with Gasteiger partial charge in [-0.15, -0.1) is 11.8 Å². The summed E-state index contributed by atoms with van der Waals surface area (Å²) < 4.78 is 5.16. The summed E-state index contributed by atoms with van der Waals surface area (Å²) in [4.78, 5) is 24.9. The second-order valence-electron chi connectivity index (χ2n) is 6.71. The first kappa shape index (κ1) is 20.3. The Bertz CT molecular complexity index is 752. The Morgan fingerprint density at radius 3 is 2.23 bits per heavy atom. The second kappa shape index (κ2) is 9.10. The summed E-state index contributed by atoms with van der Waals surface area (Å²) in [5.41, 5.74) is 1.05. The molecule has 0 aliphatic rings. The first-order chi connectivity index (χ1) is 12.2. The van der Waals surface area contributed by atoms with Crippen LogP contribution in [0.5, 0.6) is 0 Å². The normalized spacial score (nSPS) is 11.1. The Morgan fingerprint density at radius 1 is 1.04 bits per heavy atom. The van der Waals surface area contributed by atoms with Gasteiger partial charge in [-0.1, -0.05) is 23.7 Å². The van der Waals surface area contributed by atoms with E-state index in [1.54, 1.807) is 44.7 Å². The third-order valence-corrected chi connectivity index (χ3v) is 4.58. The average Bonchev–Trinajstić information content (AvgIpc) is 2.58. The van der Waals surface area contributed by atoms with Gasteiger partial charge in [-0.2, -0.15) is 0 Å². The van der Waals surface area contributed by atoms with Crippen LogP contribution >= 0.6 is 23.4 Å². The van der Waals surface area contributed by atoms with Crippen molar-refractivity contribution in [2.24, 2.45) is 0 Å². The zero-order chi connectivity index (χ0) is 19.2. The van der Waals surface area contributed by atoms with Gasteiger partial charge in [0, 0.05) is 21.2 Å². The van der Waals surface area contributed by atoms with Gasteiger partial charge in [0.15, 0.2) is 0 Å². The van der Waals surface area contributed by atoms with Crippen molar-refractivity contribution in [1.29, 1.82) is 0 Å². The van der Waals surface area contributed by atoms with E-state index in [0.29, 0.717) is 5.56 Å². The lowest BCUT2D eigenvalue weighted by molar-refractivity contribution is -0.153. The number of carbonyl (C=O) groups is 2. The number of thioether (sulfide) groups is 1. The molecule has 4 nitrogen and oxygen atoms in total. The van der Waals surface area contributed by atoms with Gasteiger partial charge in [-0.25, -0.2) is 0 Å². The summed E-state index contributed by atoms with van der Waals surface area (Å²) in [7, 11) is 0. The molecule has 0 bridgehead atoms. The van der Waals surface area contributed by atoms with Gasteiger partial charge in [0.1, 0.15) is 12.1 Å². The number of nitrogens with one attached hydrogen (secondary N) is 1. The zero-order valence-corrected chi connectivity index (χ0v) is 16.6. The Hall–Kier alpha value is -1.98. The topological polar surface area (TPSA) is 55.4 Å². The van der Waals surface area contributed by atoms with Gasteiger partial charge in [0.25, 0.3) is 5.91 Å². The molecule has 0 aliphatic carbocycles. The molecular formula is C20H22ClNO3S. The highest BCUT2D eigenvalue weighted by atomic mass is 35.5. The SMILES string of the molecule is CC(C)(C)OC(=O)CNC(=O)c1ccc(CSc2ccc(Cl)cc2)cc1. The Kier molecular flexibility index (Phi) is 7.12. The Balaban J connectivity index is 1.83. The van der Waals surface area contributed by atoms with Crippen LogP contribution in [0.25, 0.3) is 0 Å². The van der Waals surface area contributed by atoms with Crippen LogP contribution < -0.4 is 5.32 Å². The van der Waals surface area contributed by atoms with Gasteiger partial charge in [-0.3, -0.25) is 9.59 Å². The Morgan fingerprint density at radius 2 is 1.65 bits per heavy atom. The van der Waals surface area contributed by atoms with Crippen LogP contribution in [0.1, 0.15) is 36.7 Å². The molecule has 1 N–H and O–H groups in total. The van der Waals surface area contributed by atoms with E-state index in [2.05, 4.69) is 5.32 Å². The van der Waals surface area contributed by atoms with Crippen LogP contribution in [0.2, 0.25) is 5.02 Å². The summed E-state index contributed by atoms with van der Waals surface area (Å²) >= 11 is 7.57. The molecule has 2 rings (SSSR count). The van der Waals surface area contributed by atoms with Crippen LogP contribution in [0.4, 0.5) is 0 Å². The smallest absolute Gasteiger partial charge is 0.325 e. The molecule has 0 aliphatic heterocycles. The van der Waals surface area contributed by atoms with E-state index in [1.807, 2.05) is 36.4 Å². The van der Waals surface area contributed by atoms with Crippen molar-refractivity contribution in [1.82, 2.24) is 5.32 Å². The van der Waals surface area contributed by atoms with Gasteiger partial charge in [-0.05, 0) is 62.7 Å². The number of amides is 1. The first-order valence-electron chi connectivity index (χ1n) is 8.20. The summed E-state index contributed by atoms with van der Waals surface area (Å²) in [5, 5.41) is 3.29. The third-order valence-electron chi connectivity index (χ3n) is 3.25. The maximum absolute atomic E-state index is 12.1. The highest BCUT2D eigenvalue weighted by Gasteiger charge is 2.17. The largest absolute Gasteiger partial charge is 0.459 e. The van der Waals surface area contributed by atoms with E-state index in [1.165, 1.54) is 0 Å². The zero-order valence-electron chi connectivity index (χ0n) is 15.0. The molecule has 0 radical (unpaired) electrons. The summed E-state index contributed by atoms with van der Waals surface area (Å²) in [6.07, 6.45) is 0. The van der Waals surface area contributed by atoms with Crippen molar-refractivity contribution in [3.63, 3.8) is 0 Å². The summed E-state index contributed by atoms with van der Waals surface area (Å²) in [6.45, 7) is 5.21. The molecule has 0 heterocycles. The van der Waals surface area contributed by atoms with Crippen molar-refractivity contribution in [3.8, 4) is 0 Å². The number of ether oxygens (including phenoxy) is 1. The molecule has 138 valence electrons. The van der Waals surface area contributed by atoms with Crippen molar-refractivity contribution < 1.29 is 14.3 Å². The van der Waals surface area contributed by atoms with E-state index < -0.39 is 11.6 Å². The predicted octanol–water partition coefficient (Wildman–Crippen LogP) is 4.70. The molecule has 0 saturated carbocycles. The van der Waals surface area contributed by atoms with Crippen LogP contribution in [0.3, 0.4) is 0 Å². The number of benzene rings is 2. The number of rotatable bonds is 6. The average molecular weight is 392 g/mol. The minimum Gasteiger partial charge on any atom is -0.459 e. The second-order valence-corrected chi connectivity index (χ2v) is 8.19. The predicted molar refractivity (Wildman–Crippen MR) is 106 cm³/mol. The van der Waals surface area contributed by atoms with Crippen molar-refractivity contribution >= 4 is 35.2 Å². The van der Waals surface area contributed by atoms with Crippen LogP contribution in [-0.4, -0.2) is 24.0 Å². The lowest BCUT2D eigenvalue weighted by Crippen LogP contribution is -2.34. The molecule has 0 fully saturated rings. The molecule has 0 atom stereocenters. The number of hydrogen-bond acceptors (Lipinski definition) is 4. The Labute approximate surface area is 163 Å². The molecule has 26 heavy (non-hydrogen) atoms. The molecule has 0 spiro atoms. The quantitative estimate of drug-likeness (QED) is 0.572. The number of carbonyl (C=O) groups excluding carboxylic acids is 2. The highest BCUT2D eigenvalue weighted by Crippen LogP contribution is 2.24. The molecule has 1 amide bonds. The van der Waals surface area contributed by atoms with Gasteiger partial charge in [0.2, 0.25) is 0 Å².